The molecule has 15 rings (SSSR count). The monoisotopic (exact) mass is 945 g/mol. The summed E-state index contributed by atoms with van der Waals surface area (Å²) in [4.78, 5) is 37.6. The summed E-state index contributed by atoms with van der Waals surface area (Å²) in [6.07, 6.45) is 14.9. The van der Waals surface area contributed by atoms with Gasteiger partial charge in [-0.1, -0.05) is 54.4 Å². The molecular formula is C53H84O14. The Morgan fingerprint density at radius 1 is 0.433 bits per heavy atom. The molecule has 14 heteroatoms. The molecule has 24 atom stereocenters. The summed E-state index contributed by atoms with van der Waals surface area (Å²) in [6, 6.07) is 0. The first kappa shape index (κ1) is 47.4. The molecule has 6 unspecified atom stereocenters. The molecule has 0 aromatic carbocycles. The van der Waals surface area contributed by atoms with E-state index in [0.29, 0.717) is 66.5 Å². The molecule has 12 saturated heterocycles. The number of hydrogen-bond acceptors (Lipinski definition) is 14. The lowest BCUT2D eigenvalue weighted by molar-refractivity contribution is -0.577. The van der Waals surface area contributed by atoms with Gasteiger partial charge >= 0.3 is 0 Å². The molecule has 380 valence electrons. The van der Waals surface area contributed by atoms with Crippen LogP contribution in [0.15, 0.2) is 0 Å². The van der Waals surface area contributed by atoms with Crippen molar-refractivity contribution in [3.05, 3.63) is 0 Å². The van der Waals surface area contributed by atoms with Crippen molar-refractivity contribution in [1.82, 2.24) is 0 Å². The van der Waals surface area contributed by atoms with Gasteiger partial charge in [-0.05, 0) is 145 Å². The molecule has 12 heterocycles. The zero-order valence-electron chi connectivity index (χ0n) is 42.1. The SMILES string of the molecule is C[C@@H]1CC[C@H]2[C@@H](C)C(CCCC(CCOC3O[C@@H]4OC5(C)CC[C@H]6[C@H](C)CC[C@@H]([C@H]3C)[C@@]46OO5)CCOC3O[C@@H]4OC5(C)CC[C@H]6[C@H](C)CC[C@@H]([C@H]3C)[C@@]46OO5)O[C@@H]3OC4(C)CC[C@@H]1[C@]32OO4. The van der Waals surface area contributed by atoms with Gasteiger partial charge in [-0.25, -0.2) is 29.3 Å². The second kappa shape index (κ2) is 17.3. The van der Waals surface area contributed by atoms with Crippen molar-refractivity contribution in [3.63, 3.8) is 0 Å². The van der Waals surface area contributed by atoms with Crippen LogP contribution >= 0.6 is 0 Å². The first-order valence-corrected chi connectivity index (χ1v) is 27.4. The smallest absolute Gasteiger partial charge is 0.201 e. The van der Waals surface area contributed by atoms with Gasteiger partial charge in [0.2, 0.25) is 17.4 Å². The van der Waals surface area contributed by atoms with E-state index in [-0.39, 0.29) is 42.4 Å². The fourth-order valence-electron chi connectivity index (χ4n) is 17.2. The topological polar surface area (TPSA) is 129 Å². The van der Waals surface area contributed by atoms with Gasteiger partial charge in [0.15, 0.2) is 48.3 Å². The van der Waals surface area contributed by atoms with Gasteiger partial charge in [0, 0.05) is 48.9 Å². The maximum absolute atomic E-state index is 7.05. The number of fused-ring (bicyclic) bond motifs is 6. The number of hydrogen-bond donors (Lipinski definition) is 0. The lowest BCUT2D eigenvalue weighted by atomic mass is 9.57. The van der Waals surface area contributed by atoms with E-state index in [2.05, 4.69) is 41.5 Å². The van der Waals surface area contributed by atoms with Crippen LogP contribution in [0.3, 0.4) is 0 Å². The lowest BCUT2D eigenvalue weighted by Crippen LogP contribution is -2.70. The minimum Gasteiger partial charge on any atom is -0.352 e. The molecule has 3 spiro atoms. The third-order valence-corrected chi connectivity index (χ3v) is 21.2. The van der Waals surface area contributed by atoms with Crippen LogP contribution in [0.2, 0.25) is 0 Å². The summed E-state index contributed by atoms with van der Waals surface area (Å²) in [7, 11) is 0. The second-order valence-corrected chi connectivity index (χ2v) is 25.1. The van der Waals surface area contributed by atoms with Crippen LogP contribution in [0.25, 0.3) is 0 Å². The van der Waals surface area contributed by atoms with Gasteiger partial charge in [0.05, 0.1) is 19.3 Å². The van der Waals surface area contributed by atoms with E-state index in [4.69, 9.17) is 67.2 Å². The van der Waals surface area contributed by atoms with E-state index in [9.17, 15) is 0 Å². The minimum atomic E-state index is -0.816. The minimum absolute atomic E-state index is 0.0806. The molecule has 3 aliphatic carbocycles. The Morgan fingerprint density at radius 3 is 1.24 bits per heavy atom. The van der Waals surface area contributed by atoms with E-state index < -0.39 is 53.0 Å². The summed E-state index contributed by atoms with van der Waals surface area (Å²) < 4.78 is 54.5. The Morgan fingerprint density at radius 2 is 0.821 bits per heavy atom. The lowest BCUT2D eigenvalue weighted by Gasteiger charge is -2.60. The van der Waals surface area contributed by atoms with Gasteiger partial charge in [0.1, 0.15) is 0 Å². The Bertz CT molecular complexity index is 1610. The molecule has 0 aromatic rings. The fourth-order valence-corrected chi connectivity index (χ4v) is 17.2. The first-order chi connectivity index (χ1) is 32.1. The van der Waals surface area contributed by atoms with Crippen LogP contribution < -0.4 is 0 Å². The van der Waals surface area contributed by atoms with Crippen molar-refractivity contribution in [1.29, 1.82) is 0 Å². The number of rotatable bonds is 12. The van der Waals surface area contributed by atoms with Crippen molar-refractivity contribution in [2.24, 2.45) is 76.9 Å². The highest BCUT2D eigenvalue weighted by atomic mass is 17.3. The van der Waals surface area contributed by atoms with E-state index in [0.717, 1.165) is 89.9 Å². The highest BCUT2D eigenvalue weighted by molar-refractivity contribution is 5.12. The second-order valence-electron chi connectivity index (χ2n) is 25.1. The Hall–Kier alpha value is -0.560. The van der Waals surface area contributed by atoms with Crippen molar-refractivity contribution < 1.29 is 67.2 Å². The van der Waals surface area contributed by atoms with Crippen LogP contribution in [-0.4, -0.2) is 84.9 Å². The predicted molar refractivity (Wildman–Crippen MR) is 239 cm³/mol. The average molecular weight is 945 g/mol. The van der Waals surface area contributed by atoms with Crippen molar-refractivity contribution in [2.75, 3.05) is 13.2 Å². The zero-order valence-corrected chi connectivity index (χ0v) is 42.1. The van der Waals surface area contributed by atoms with Crippen LogP contribution in [0.1, 0.15) is 171 Å². The summed E-state index contributed by atoms with van der Waals surface area (Å²) in [5, 5.41) is 0. The van der Waals surface area contributed by atoms with Crippen LogP contribution in [-0.2, 0) is 67.2 Å². The molecule has 12 aliphatic heterocycles. The molecule has 0 N–H and O–H groups in total. The predicted octanol–water partition coefficient (Wildman–Crippen LogP) is 10.3. The van der Waals surface area contributed by atoms with Gasteiger partial charge in [0.25, 0.3) is 0 Å². The molecule has 15 fully saturated rings. The third-order valence-electron chi connectivity index (χ3n) is 21.2. The Balaban J connectivity index is 0.730. The maximum atomic E-state index is 7.05. The molecule has 67 heavy (non-hydrogen) atoms. The molecule has 3 saturated carbocycles. The van der Waals surface area contributed by atoms with Gasteiger partial charge < -0.3 is 37.9 Å². The Kier molecular flexibility index (Phi) is 12.2. The van der Waals surface area contributed by atoms with Crippen molar-refractivity contribution in [3.8, 4) is 0 Å². The van der Waals surface area contributed by atoms with E-state index in [1.54, 1.807) is 0 Å². The van der Waals surface area contributed by atoms with Crippen molar-refractivity contribution >= 4 is 0 Å². The molecule has 0 amide bonds. The molecule has 15 aliphatic rings. The van der Waals surface area contributed by atoms with Gasteiger partial charge in [-0.3, -0.25) is 0 Å². The summed E-state index contributed by atoms with van der Waals surface area (Å²) in [5.41, 5.74) is -1.75. The number of ether oxygens (including phenoxy) is 8. The quantitative estimate of drug-likeness (QED) is 0.172. The van der Waals surface area contributed by atoms with Crippen LogP contribution in [0, 0.1) is 76.9 Å². The van der Waals surface area contributed by atoms with Gasteiger partial charge in [-0.15, -0.1) is 0 Å². The Labute approximate surface area is 399 Å². The van der Waals surface area contributed by atoms with E-state index >= 15 is 0 Å². The van der Waals surface area contributed by atoms with E-state index in [1.165, 1.54) is 19.3 Å². The molecule has 14 nitrogen and oxygen atoms in total. The normalized spacial score (nSPS) is 57.6. The molecule has 6 bridgehead atoms. The highest BCUT2D eigenvalue weighted by Gasteiger charge is 2.72. The zero-order chi connectivity index (χ0) is 46.3. The largest absolute Gasteiger partial charge is 0.352 e. The fraction of sp³-hybridized carbons (Fsp3) is 1.00. The molecular weight excluding hydrogens is 861 g/mol. The third kappa shape index (κ3) is 7.42. The summed E-state index contributed by atoms with van der Waals surface area (Å²) >= 11 is 0. The standard InChI is InChI=1S/C53H84O14/c1-29-13-16-39-32(4)42(56-45-51(39)36(29)19-24-48(7,59-45)62-65-51)12-10-11-35(22-27-54-43-33(5)40-17-14-30(2)37-20-25-49(8)60-46(57-43)52(37,40)66-63-49)23-28-55-44-34(6)41-18-15-31(3)38-21-26-50(9)61-47(58-44)53(38,41)67-64-50/h29-47H,10-28H2,1-9H3/t29-,30-,31-,32-,33-,34-,35?,36+,37+,38+,39+,40+,41+,42?,43?,44?,45-,46-,47-,48?,49?,50?,51-,52-,53-/m1/s1. The molecule has 0 radical (unpaired) electrons. The first-order valence-electron chi connectivity index (χ1n) is 27.4. The van der Waals surface area contributed by atoms with E-state index in [1.807, 2.05) is 20.8 Å². The maximum Gasteiger partial charge on any atom is 0.201 e. The van der Waals surface area contributed by atoms with Crippen LogP contribution in [0.5, 0.6) is 0 Å². The molecule has 0 aromatic heterocycles. The highest BCUT2D eigenvalue weighted by Crippen LogP contribution is 2.64. The summed E-state index contributed by atoms with van der Waals surface area (Å²) in [5.74, 6) is 1.89. The summed E-state index contributed by atoms with van der Waals surface area (Å²) in [6.45, 7) is 21.2. The van der Waals surface area contributed by atoms with Crippen molar-refractivity contribution in [2.45, 2.75) is 243 Å². The van der Waals surface area contributed by atoms with Crippen LogP contribution in [0.4, 0.5) is 0 Å². The average Bonchev–Trinajstić information content (AvgIpc) is 3.78. The van der Waals surface area contributed by atoms with Gasteiger partial charge in [-0.2, -0.15) is 0 Å².